The zero-order valence-corrected chi connectivity index (χ0v) is 14.0. The van der Waals surface area contributed by atoms with Crippen molar-refractivity contribution in [2.45, 2.75) is 39.5 Å². The van der Waals surface area contributed by atoms with Crippen LogP contribution in [0.15, 0.2) is 24.3 Å². The number of hydrogen-bond acceptors (Lipinski definition) is 3. The van der Waals surface area contributed by atoms with E-state index < -0.39 is 5.97 Å². The van der Waals surface area contributed by atoms with Gasteiger partial charge in [0.2, 0.25) is 5.91 Å². The van der Waals surface area contributed by atoms with Gasteiger partial charge in [0.05, 0.1) is 0 Å². The molecule has 1 amide bonds. The molecule has 23 heavy (non-hydrogen) atoms. The first-order valence-electron chi connectivity index (χ1n) is 8.01. The smallest absolute Gasteiger partial charge is 0.341 e. The Kier molecular flexibility index (Phi) is 5.29. The Morgan fingerprint density at radius 1 is 1.30 bits per heavy atom. The average molecular weight is 319 g/mol. The molecule has 1 saturated carbocycles. The number of carboxylic acids is 1. The zero-order valence-electron chi connectivity index (χ0n) is 14.0. The monoisotopic (exact) mass is 319 g/mol. The van der Waals surface area contributed by atoms with E-state index in [-0.39, 0.29) is 23.8 Å². The van der Waals surface area contributed by atoms with E-state index in [4.69, 9.17) is 9.84 Å². The molecular weight excluding hydrogens is 294 g/mol. The van der Waals surface area contributed by atoms with E-state index in [0.717, 1.165) is 24.9 Å². The lowest BCUT2D eigenvalue weighted by molar-refractivity contribution is -0.139. The number of nitrogens with zero attached hydrogens (tertiary/aromatic N) is 1. The number of amides is 1. The quantitative estimate of drug-likeness (QED) is 0.904. The number of anilines is 1. The van der Waals surface area contributed by atoms with Crippen molar-refractivity contribution in [3.63, 3.8) is 0 Å². The van der Waals surface area contributed by atoms with E-state index in [0.29, 0.717) is 5.75 Å². The van der Waals surface area contributed by atoms with E-state index in [1.54, 1.807) is 36.2 Å². The van der Waals surface area contributed by atoms with Gasteiger partial charge in [-0.05, 0) is 48.9 Å². The van der Waals surface area contributed by atoms with Crippen molar-refractivity contribution in [2.24, 2.45) is 11.3 Å². The van der Waals surface area contributed by atoms with Crippen molar-refractivity contribution in [1.82, 2.24) is 0 Å². The van der Waals surface area contributed by atoms with Crippen LogP contribution in [0.5, 0.6) is 5.75 Å². The maximum absolute atomic E-state index is 12.7. The molecule has 0 aliphatic heterocycles. The van der Waals surface area contributed by atoms with Gasteiger partial charge in [-0.1, -0.05) is 20.3 Å². The van der Waals surface area contributed by atoms with Crippen LogP contribution in [0.25, 0.3) is 0 Å². The van der Waals surface area contributed by atoms with Crippen LogP contribution in [-0.2, 0) is 9.59 Å². The molecule has 0 spiro atoms. The van der Waals surface area contributed by atoms with Crippen LogP contribution in [-0.4, -0.2) is 30.6 Å². The molecule has 1 unspecified atom stereocenters. The van der Waals surface area contributed by atoms with Crippen LogP contribution in [0.2, 0.25) is 0 Å². The third-order valence-electron chi connectivity index (χ3n) is 4.47. The van der Waals surface area contributed by atoms with Gasteiger partial charge in [0.1, 0.15) is 5.75 Å². The van der Waals surface area contributed by atoms with Gasteiger partial charge in [-0.3, -0.25) is 4.79 Å². The Hall–Kier alpha value is -2.04. The first kappa shape index (κ1) is 17.3. The van der Waals surface area contributed by atoms with Crippen LogP contribution in [0.1, 0.15) is 39.5 Å². The summed E-state index contributed by atoms with van der Waals surface area (Å²) in [5.41, 5.74) is 1.02. The SMILES string of the molecule is CN(C(=O)C1CCCC(C)(C)C1)c1ccc(OCC(=O)O)cc1. The lowest BCUT2D eigenvalue weighted by Gasteiger charge is -2.36. The molecule has 1 aromatic rings. The minimum atomic E-state index is -1.01. The number of benzene rings is 1. The minimum absolute atomic E-state index is 0.0756. The summed E-state index contributed by atoms with van der Waals surface area (Å²) in [6, 6.07) is 6.94. The van der Waals surface area contributed by atoms with Crippen molar-refractivity contribution in [1.29, 1.82) is 0 Å². The third kappa shape index (κ3) is 4.71. The van der Waals surface area contributed by atoms with Crippen molar-refractivity contribution in [3.8, 4) is 5.75 Å². The highest BCUT2D eigenvalue weighted by Crippen LogP contribution is 2.39. The summed E-state index contributed by atoms with van der Waals surface area (Å²) in [6.45, 7) is 4.08. The van der Waals surface area contributed by atoms with Gasteiger partial charge < -0.3 is 14.7 Å². The zero-order chi connectivity index (χ0) is 17.0. The maximum Gasteiger partial charge on any atom is 0.341 e. The molecule has 5 nitrogen and oxygen atoms in total. The predicted octanol–water partition coefficient (Wildman–Crippen LogP) is 3.33. The van der Waals surface area contributed by atoms with E-state index in [1.165, 1.54) is 6.42 Å². The highest BCUT2D eigenvalue weighted by Gasteiger charge is 2.33. The summed E-state index contributed by atoms with van der Waals surface area (Å²) in [5, 5.41) is 8.60. The summed E-state index contributed by atoms with van der Waals surface area (Å²) in [6.07, 6.45) is 4.15. The molecule has 1 aliphatic rings. The van der Waals surface area contributed by atoms with E-state index >= 15 is 0 Å². The van der Waals surface area contributed by atoms with Crippen LogP contribution in [0.4, 0.5) is 5.69 Å². The van der Waals surface area contributed by atoms with Crippen molar-refractivity contribution in [2.75, 3.05) is 18.6 Å². The van der Waals surface area contributed by atoms with Gasteiger partial charge in [0, 0.05) is 18.7 Å². The molecule has 1 aromatic carbocycles. The van der Waals surface area contributed by atoms with Gasteiger partial charge in [0.15, 0.2) is 6.61 Å². The lowest BCUT2D eigenvalue weighted by Crippen LogP contribution is -2.37. The fraction of sp³-hybridized carbons (Fsp3) is 0.556. The largest absolute Gasteiger partial charge is 0.482 e. The van der Waals surface area contributed by atoms with Crippen molar-refractivity contribution < 1.29 is 19.4 Å². The maximum atomic E-state index is 12.7. The molecule has 0 saturated heterocycles. The molecule has 0 bridgehead atoms. The molecule has 2 rings (SSSR count). The molecule has 5 heteroatoms. The number of ether oxygens (including phenoxy) is 1. The standard InChI is InChI=1S/C18H25NO4/c1-18(2)10-4-5-13(11-18)17(22)19(3)14-6-8-15(9-7-14)23-12-16(20)21/h6-9,13H,4-5,10-12H2,1-3H3,(H,20,21). The predicted molar refractivity (Wildman–Crippen MR) is 88.7 cm³/mol. The summed E-state index contributed by atoms with van der Waals surface area (Å²) in [7, 11) is 1.79. The van der Waals surface area contributed by atoms with Gasteiger partial charge in [0.25, 0.3) is 0 Å². The molecule has 1 N–H and O–H groups in total. The van der Waals surface area contributed by atoms with Crippen LogP contribution < -0.4 is 9.64 Å². The number of carbonyl (C=O) groups is 2. The summed E-state index contributed by atoms with van der Waals surface area (Å²) in [4.78, 5) is 24.9. The lowest BCUT2D eigenvalue weighted by atomic mass is 9.72. The second kappa shape index (κ2) is 7.02. The molecule has 0 heterocycles. The number of carboxylic acid groups (broad SMARTS) is 1. The number of hydrogen-bond donors (Lipinski definition) is 1. The molecule has 1 aliphatic carbocycles. The molecule has 1 atom stereocenters. The van der Waals surface area contributed by atoms with Crippen molar-refractivity contribution >= 4 is 17.6 Å². The van der Waals surface area contributed by atoms with Crippen LogP contribution in [0.3, 0.4) is 0 Å². The Morgan fingerprint density at radius 2 is 1.96 bits per heavy atom. The van der Waals surface area contributed by atoms with Crippen molar-refractivity contribution in [3.05, 3.63) is 24.3 Å². The topological polar surface area (TPSA) is 66.8 Å². The molecule has 0 radical (unpaired) electrons. The fourth-order valence-electron chi connectivity index (χ4n) is 3.22. The number of aliphatic carboxylic acids is 1. The second-order valence-corrected chi connectivity index (χ2v) is 7.03. The fourth-order valence-corrected chi connectivity index (χ4v) is 3.22. The molecule has 126 valence electrons. The average Bonchev–Trinajstić information content (AvgIpc) is 2.51. The molecule has 1 fully saturated rings. The third-order valence-corrected chi connectivity index (χ3v) is 4.47. The summed E-state index contributed by atoms with van der Waals surface area (Å²) in [5.74, 6) is -0.305. The Morgan fingerprint density at radius 3 is 2.52 bits per heavy atom. The summed E-state index contributed by atoms with van der Waals surface area (Å²) < 4.78 is 5.10. The van der Waals surface area contributed by atoms with E-state index in [9.17, 15) is 9.59 Å². The first-order chi connectivity index (χ1) is 10.8. The van der Waals surface area contributed by atoms with Gasteiger partial charge >= 0.3 is 5.97 Å². The highest BCUT2D eigenvalue weighted by atomic mass is 16.5. The Labute approximate surface area is 137 Å². The molecule has 0 aromatic heterocycles. The Bertz CT molecular complexity index is 565. The Balaban J connectivity index is 2.00. The normalized spacial score (nSPS) is 19.9. The minimum Gasteiger partial charge on any atom is -0.482 e. The van der Waals surface area contributed by atoms with Crippen LogP contribution in [0, 0.1) is 11.3 Å². The van der Waals surface area contributed by atoms with Gasteiger partial charge in [-0.15, -0.1) is 0 Å². The van der Waals surface area contributed by atoms with Gasteiger partial charge in [-0.2, -0.15) is 0 Å². The van der Waals surface area contributed by atoms with E-state index in [2.05, 4.69) is 13.8 Å². The summed E-state index contributed by atoms with van der Waals surface area (Å²) >= 11 is 0. The number of rotatable bonds is 5. The highest BCUT2D eigenvalue weighted by molar-refractivity contribution is 5.94. The molecular formula is C18H25NO4. The number of carbonyl (C=O) groups excluding carboxylic acids is 1. The van der Waals surface area contributed by atoms with E-state index in [1.807, 2.05) is 0 Å². The van der Waals surface area contributed by atoms with Gasteiger partial charge in [-0.25, -0.2) is 4.79 Å². The first-order valence-corrected chi connectivity index (χ1v) is 8.01. The second-order valence-electron chi connectivity index (χ2n) is 7.03. The van der Waals surface area contributed by atoms with Crippen LogP contribution >= 0.6 is 0 Å².